The van der Waals surface area contributed by atoms with Crippen LogP contribution < -0.4 is 5.32 Å². The Bertz CT molecular complexity index is 933. The molecule has 1 heterocycles. The summed E-state index contributed by atoms with van der Waals surface area (Å²) < 4.78 is 38.6. The lowest BCUT2D eigenvalue weighted by atomic mass is 10.1. The molecule has 2 amide bonds. The molecule has 1 aliphatic heterocycles. The van der Waals surface area contributed by atoms with E-state index in [0.717, 1.165) is 23.8 Å². The van der Waals surface area contributed by atoms with Gasteiger partial charge in [0.05, 0.1) is 27.7 Å². The van der Waals surface area contributed by atoms with Crippen LogP contribution in [-0.4, -0.2) is 29.0 Å². The molecule has 0 aromatic heterocycles. The number of hydrogen-bond donors (Lipinski definition) is 1. The van der Waals surface area contributed by atoms with E-state index in [9.17, 15) is 22.8 Å². The maximum absolute atomic E-state index is 12.9. The van der Waals surface area contributed by atoms with Crippen LogP contribution in [0.15, 0.2) is 53.9 Å². The van der Waals surface area contributed by atoms with Gasteiger partial charge in [-0.3, -0.25) is 9.59 Å². The molecule has 146 valence electrons. The summed E-state index contributed by atoms with van der Waals surface area (Å²) in [5.41, 5.74) is 0.230. The Morgan fingerprint density at radius 1 is 1.18 bits per heavy atom. The molecule has 28 heavy (non-hydrogen) atoms. The molecule has 1 aliphatic rings. The number of alkyl halides is 3. The topological polar surface area (TPSA) is 49.4 Å². The predicted octanol–water partition coefficient (Wildman–Crippen LogP) is 4.87. The highest BCUT2D eigenvalue weighted by Crippen LogP contribution is 2.34. The average molecular weight is 427 g/mol. The first-order valence-corrected chi connectivity index (χ1v) is 9.52. The minimum Gasteiger partial charge on any atom is -0.323 e. The van der Waals surface area contributed by atoms with Crippen molar-refractivity contribution in [2.24, 2.45) is 0 Å². The Balaban J connectivity index is 1.79. The molecule has 0 atom stereocenters. The molecule has 0 radical (unpaired) electrons. The Morgan fingerprint density at radius 3 is 2.57 bits per heavy atom. The maximum atomic E-state index is 12.9. The van der Waals surface area contributed by atoms with Crippen molar-refractivity contribution in [2.45, 2.75) is 6.18 Å². The van der Waals surface area contributed by atoms with E-state index in [1.807, 2.05) is 6.07 Å². The number of carbonyl (C=O) groups excluding carboxylic acids is 2. The lowest BCUT2D eigenvalue weighted by Gasteiger charge is -2.28. The van der Waals surface area contributed by atoms with Crippen molar-refractivity contribution in [3.05, 3.63) is 70.1 Å². The number of amides is 2. The van der Waals surface area contributed by atoms with Gasteiger partial charge in [0.25, 0.3) is 0 Å². The fourth-order valence-electron chi connectivity index (χ4n) is 2.60. The first kappa shape index (κ1) is 20.3. The van der Waals surface area contributed by atoms with Gasteiger partial charge in [0.15, 0.2) is 0 Å². The summed E-state index contributed by atoms with van der Waals surface area (Å²) >= 11 is 7.23. The van der Waals surface area contributed by atoms with Crippen molar-refractivity contribution in [2.75, 3.05) is 17.6 Å². The summed E-state index contributed by atoms with van der Waals surface area (Å²) in [6.45, 7) is -0.341. The van der Waals surface area contributed by atoms with Crippen LogP contribution >= 0.6 is 23.4 Å². The molecule has 3 rings (SSSR count). The number of thioether (sulfide) groups is 1. The van der Waals surface area contributed by atoms with E-state index in [1.54, 1.807) is 29.7 Å². The lowest BCUT2D eigenvalue weighted by molar-refractivity contribution is -0.137. The first-order valence-electron chi connectivity index (χ1n) is 8.10. The van der Waals surface area contributed by atoms with Crippen LogP contribution in [0.3, 0.4) is 0 Å². The fourth-order valence-corrected chi connectivity index (χ4v) is 3.57. The van der Waals surface area contributed by atoms with Gasteiger partial charge in [0.1, 0.15) is 6.54 Å². The number of anilines is 1. The van der Waals surface area contributed by atoms with Crippen LogP contribution in [0.2, 0.25) is 5.02 Å². The summed E-state index contributed by atoms with van der Waals surface area (Å²) in [7, 11) is 0. The van der Waals surface area contributed by atoms with Crippen molar-refractivity contribution >= 4 is 46.6 Å². The van der Waals surface area contributed by atoms with Crippen molar-refractivity contribution < 1.29 is 22.8 Å². The molecule has 2 aromatic rings. The zero-order valence-corrected chi connectivity index (χ0v) is 15.9. The number of rotatable bonds is 4. The van der Waals surface area contributed by atoms with E-state index in [1.165, 1.54) is 16.7 Å². The van der Waals surface area contributed by atoms with E-state index in [-0.39, 0.29) is 28.9 Å². The highest BCUT2D eigenvalue weighted by Gasteiger charge is 2.31. The first-order chi connectivity index (χ1) is 13.3. The summed E-state index contributed by atoms with van der Waals surface area (Å²) in [6.07, 6.45) is -4.56. The molecule has 0 saturated carbocycles. The highest BCUT2D eigenvalue weighted by atomic mass is 35.5. The molecule has 0 fully saturated rings. The molecule has 0 spiro atoms. The monoisotopic (exact) mass is 426 g/mol. The van der Waals surface area contributed by atoms with Crippen LogP contribution in [0.25, 0.3) is 5.70 Å². The number of nitrogens with one attached hydrogen (secondary N) is 1. The third-order valence-electron chi connectivity index (χ3n) is 3.93. The Labute approximate surface area is 168 Å². The van der Waals surface area contributed by atoms with Gasteiger partial charge in [-0.25, -0.2) is 0 Å². The van der Waals surface area contributed by atoms with Gasteiger partial charge in [0.2, 0.25) is 11.8 Å². The van der Waals surface area contributed by atoms with Crippen LogP contribution in [0.1, 0.15) is 11.1 Å². The molecule has 0 saturated heterocycles. The number of halogens is 4. The van der Waals surface area contributed by atoms with E-state index < -0.39 is 17.6 Å². The molecular weight excluding hydrogens is 413 g/mol. The Kier molecular flexibility index (Phi) is 6.00. The zero-order valence-electron chi connectivity index (χ0n) is 14.3. The SMILES string of the molecule is O=C(CN1C(=O)CSC=C1c1ccccc1)Nc1cc(C(F)(F)F)ccc1Cl. The number of carbonyl (C=O) groups is 2. The van der Waals surface area contributed by atoms with Gasteiger partial charge >= 0.3 is 6.18 Å². The fraction of sp³-hybridized carbons (Fsp3) is 0.158. The second kappa shape index (κ2) is 8.28. The number of hydrogen-bond acceptors (Lipinski definition) is 3. The number of nitrogens with zero attached hydrogens (tertiary/aromatic N) is 1. The molecule has 0 aliphatic carbocycles. The molecule has 9 heteroatoms. The average Bonchev–Trinajstić information content (AvgIpc) is 2.65. The van der Waals surface area contributed by atoms with E-state index in [2.05, 4.69) is 5.32 Å². The molecule has 4 nitrogen and oxygen atoms in total. The molecule has 2 aromatic carbocycles. The summed E-state index contributed by atoms with van der Waals surface area (Å²) in [5, 5.41) is 4.12. The molecule has 1 N–H and O–H groups in total. The predicted molar refractivity (Wildman–Crippen MR) is 104 cm³/mol. The lowest BCUT2D eigenvalue weighted by Crippen LogP contribution is -2.39. The zero-order chi connectivity index (χ0) is 20.3. The summed E-state index contributed by atoms with van der Waals surface area (Å²) in [5.74, 6) is -0.742. The second-order valence-electron chi connectivity index (χ2n) is 5.90. The third kappa shape index (κ3) is 4.69. The smallest absolute Gasteiger partial charge is 0.323 e. The van der Waals surface area contributed by atoms with Gasteiger partial charge in [-0.05, 0) is 29.2 Å². The molecule has 0 bridgehead atoms. The Morgan fingerprint density at radius 2 is 1.89 bits per heavy atom. The van der Waals surface area contributed by atoms with Gasteiger partial charge in [-0.1, -0.05) is 41.9 Å². The second-order valence-corrected chi connectivity index (χ2v) is 7.17. The van der Waals surface area contributed by atoms with Crippen LogP contribution in [0, 0.1) is 0 Å². The minimum atomic E-state index is -4.56. The standard InChI is InChI=1S/C19H14ClF3N2O2S/c20-14-7-6-13(19(21,22)23)8-15(14)24-17(26)9-25-16(10-28-11-18(25)27)12-4-2-1-3-5-12/h1-8,10H,9,11H2,(H,24,26). The number of benzene rings is 2. The largest absolute Gasteiger partial charge is 0.416 e. The van der Waals surface area contributed by atoms with Crippen LogP contribution in [-0.2, 0) is 15.8 Å². The van der Waals surface area contributed by atoms with Gasteiger partial charge < -0.3 is 10.2 Å². The van der Waals surface area contributed by atoms with E-state index >= 15 is 0 Å². The third-order valence-corrected chi connectivity index (χ3v) is 5.07. The van der Waals surface area contributed by atoms with Gasteiger partial charge in [-0.2, -0.15) is 13.2 Å². The Hall–Kier alpha value is -2.45. The van der Waals surface area contributed by atoms with E-state index in [0.29, 0.717) is 5.70 Å². The van der Waals surface area contributed by atoms with Crippen molar-refractivity contribution in [3.8, 4) is 0 Å². The molecular formula is C19H14ClF3N2O2S. The quantitative estimate of drug-likeness (QED) is 0.758. The summed E-state index contributed by atoms with van der Waals surface area (Å²) in [4.78, 5) is 26.1. The van der Waals surface area contributed by atoms with Crippen molar-refractivity contribution in [1.29, 1.82) is 0 Å². The molecule has 0 unspecified atom stereocenters. The summed E-state index contributed by atoms with van der Waals surface area (Å²) in [6, 6.07) is 11.7. The van der Waals surface area contributed by atoms with Gasteiger partial charge in [0, 0.05) is 0 Å². The minimum absolute atomic E-state index is 0.0271. The highest BCUT2D eigenvalue weighted by molar-refractivity contribution is 8.03. The van der Waals surface area contributed by atoms with Crippen LogP contribution in [0.4, 0.5) is 18.9 Å². The maximum Gasteiger partial charge on any atom is 0.416 e. The normalized spacial score (nSPS) is 14.6. The van der Waals surface area contributed by atoms with Crippen LogP contribution in [0.5, 0.6) is 0 Å². The van der Waals surface area contributed by atoms with Crippen molar-refractivity contribution in [3.63, 3.8) is 0 Å². The van der Waals surface area contributed by atoms with E-state index in [4.69, 9.17) is 11.6 Å². The van der Waals surface area contributed by atoms with Crippen molar-refractivity contribution in [1.82, 2.24) is 4.90 Å². The van der Waals surface area contributed by atoms with Gasteiger partial charge in [-0.15, -0.1) is 11.8 Å².